The van der Waals surface area contributed by atoms with Gasteiger partial charge >= 0.3 is 0 Å². The maximum Gasteiger partial charge on any atom is 0.242 e. The fourth-order valence-corrected chi connectivity index (χ4v) is 2.16. The Morgan fingerprint density at radius 1 is 1.35 bits per heavy atom. The molecule has 4 heteroatoms. The first kappa shape index (κ1) is 12.4. The van der Waals surface area contributed by atoms with Gasteiger partial charge in [-0.25, -0.2) is 0 Å². The molecule has 2 rings (SSSR count). The van der Waals surface area contributed by atoms with Gasteiger partial charge in [-0.3, -0.25) is 4.79 Å². The molecule has 1 saturated heterocycles. The van der Waals surface area contributed by atoms with E-state index in [0.29, 0.717) is 6.54 Å². The van der Waals surface area contributed by atoms with E-state index in [2.05, 4.69) is 5.32 Å². The van der Waals surface area contributed by atoms with E-state index in [1.54, 1.807) is 0 Å². The zero-order valence-electron chi connectivity index (χ0n) is 10.2. The molecule has 0 aromatic heterocycles. The highest BCUT2D eigenvalue weighted by Gasteiger charge is 2.34. The lowest BCUT2D eigenvalue weighted by atomic mass is 10.0. The molecule has 1 fully saturated rings. The van der Waals surface area contributed by atoms with Gasteiger partial charge in [0.05, 0.1) is 5.54 Å². The van der Waals surface area contributed by atoms with E-state index in [-0.39, 0.29) is 5.91 Å². The van der Waals surface area contributed by atoms with E-state index in [1.165, 1.54) is 0 Å². The Balaban J connectivity index is 2.08. The van der Waals surface area contributed by atoms with Crippen LogP contribution in [0, 0.1) is 0 Å². The third kappa shape index (κ3) is 2.79. The molecule has 1 aromatic carbocycles. The Morgan fingerprint density at radius 2 is 2.00 bits per heavy atom. The number of rotatable bonds is 2. The molecule has 1 amide bonds. The van der Waals surface area contributed by atoms with Crippen molar-refractivity contribution in [3.8, 4) is 0 Å². The van der Waals surface area contributed by atoms with Crippen molar-refractivity contribution in [1.29, 1.82) is 0 Å². The molecule has 1 heterocycles. The number of nitrogens with zero attached hydrogens (tertiary/aromatic N) is 1. The van der Waals surface area contributed by atoms with Crippen molar-refractivity contribution in [3.05, 3.63) is 34.9 Å². The molecule has 0 unspecified atom stereocenters. The summed E-state index contributed by atoms with van der Waals surface area (Å²) < 4.78 is 0. The van der Waals surface area contributed by atoms with Crippen molar-refractivity contribution in [3.63, 3.8) is 0 Å². The molecular formula is C13H17ClN2O. The van der Waals surface area contributed by atoms with Crippen LogP contribution in [0.3, 0.4) is 0 Å². The normalized spacial score (nSPS) is 19.5. The Morgan fingerprint density at radius 3 is 2.65 bits per heavy atom. The second kappa shape index (κ2) is 4.67. The summed E-state index contributed by atoms with van der Waals surface area (Å²) in [7, 11) is 0. The predicted octanol–water partition coefficient (Wildman–Crippen LogP) is 2.05. The van der Waals surface area contributed by atoms with E-state index in [9.17, 15) is 4.79 Å². The summed E-state index contributed by atoms with van der Waals surface area (Å²) in [6.45, 7) is 6.09. The lowest BCUT2D eigenvalue weighted by molar-refractivity contribution is -0.140. The maximum absolute atomic E-state index is 12.2. The van der Waals surface area contributed by atoms with Crippen LogP contribution in [0.15, 0.2) is 24.3 Å². The van der Waals surface area contributed by atoms with Gasteiger partial charge in [-0.2, -0.15) is 0 Å². The van der Waals surface area contributed by atoms with Gasteiger partial charge in [0.25, 0.3) is 0 Å². The summed E-state index contributed by atoms with van der Waals surface area (Å²) in [6.07, 6.45) is 0. The van der Waals surface area contributed by atoms with Gasteiger partial charge in [-0.05, 0) is 31.5 Å². The van der Waals surface area contributed by atoms with Gasteiger partial charge in [0.15, 0.2) is 0 Å². The summed E-state index contributed by atoms with van der Waals surface area (Å²) in [5, 5.41) is 3.94. The quantitative estimate of drug-likeness (QED) is 0.874. The van der Waals surface area contributed by atoms with Gasteiger partial charge in [-0.1, -0.05) is 23.7 Å². The van der Waals surface area contributed by atoms with Gasteiger partial charge in [-0.15, -0.1) is 0 Å². The van der Waals surface area contributed by atoms with Gasteiger partial charge in [0.2, 0.25) is 5.91 Å². The Labute approximate surface area is 107 Å². The predicted molar refractivity (Wildman–Crippen MR) is 69.0 cm³/mol. The molecule has 1 aliphatic rings. The minimum atomic E-state index is -0.454. The third-order valence-corrected chi connectivity index (χ3v) is 3.31. The Hall–Kier alpha value is -1.06. The monoisotopic (exact) mass is 252 g/mol. The lowest BCUT2D eigenvalue weighted by Crippen LogP contribution is -2.60. The highest BCUT2D eigenvalue weighted by atomic mass is 35.5. The molecule has 3 nitrogen and oxygen atoms in total. The molecular weight excluding hydrogens is 236 g/mol. The number of halogens is 1. The van der Waals surface area contributed by atoms with Crippen molar-refractivity contribution in [1.82, 2.24) is 10.2 Å². The van der Waals surface area contributed by atoms with E-state index < -0.39 is 5.54 Å². The molecule has 0 aliphatic carbocycles. The van der Waals surface area contributed by atoms with Crippen LogP contribution in [-0.4, -0.2) is 29.4 Å². The first-order valence-electron chi connectivity index (χ1n) is 5.78. The molecule has 17 heavy (non-hydrogen) atoms. The number of piperazine rings is 1. The molecule has 0 bridgehead atoms. The number of carbonyl (C=O) groups is 1. The van der Waals surface area contributed by atoms with E-state index in [0.717, 1.165) is 23.7 Å². The van der Waals surface area contributed by atoms with Crippen molar-refractivity contribution < 1.29 is 4.79 Å². The topological polar surface area (TPSA) is 32.3 Å². The van der Waals surface area contributed by atoms with Crippen molar-refractivity contribution in [2.45, 2.75) is 25.9 Å². The average molecular weight is 253 g/mol. The minimum Gasteiger partial charge on any atom is -0.336 e. The SMILES string of the molecule is CC1(C)NCCN(Cc2ccc(Cl)cc2)C1=O. The van der Waals surface area contributed by atoms with Crippen molar-refractivity contribution >= 4 is 17.5 Å². The number of benzene rings is 1. The number of amides is 1. The second-order valence-corrected chi connectivity index (χ2v) is 5.34. The number of carbonyl (C=O) groups excluding carboxylic acids is 1. The highest BCUT2D eigenvalue weighted by molar-refractivity contribution is 6.30. The van der Waals surface area contributed by atoms with Crippen LogP contribution in [0.25, 0.3) is 0 Å². The summed E-state index contributed by atoms with van der Waals surface area (Å²) >= 11 is 5.84. The first-order chi connectivity index (χ1) is 7.99. The molecule has 92 valence electrons. The Kier molecular flexibility index (Phi) is 3.40. The van der Waals surface area contributed by atoms with E-state index >= 15 is 0 Å². The molecule has 1 N–H and O–H groups in total. The molecule has 0 radical (unpaired) electrons. The zero-order chi connectivity index (χ0) is 12.5. The first-order valence-corrected chi connectivity index (χ1v) is 6.16. The maximum atomic E-state index is 12.2. The molecule has 0 atom stereocenters. The number of hydrogen-bond donors (Lipinski definition) is 1. The average Bonchev–Trinajstić information content (AvgIpc) is 2.28. The van der Waals surface area contributed by atoms with Crippen molar-refractivity contribution in [2.75, 3.05) is 13.1 Å². The van der Waals surface area contributed by atoms with Crippen LogP contribution in [0.4, 0.5) is 0 Å². The summed E-state index contributed by atoms with van der Waals surface area (Å²) in [5.74, 6) is 0.152. The molecule has 1 aromatic rings. The molecule has 1 aliphatic heterocycles. The van der Waals surface area contributed by atoms with Gasteiger partial charge in [0, 0.05) is 24.7 Å². The van der Waals surface area contributed by atoms with Crippen LogP contribution < -0.4 is 5.32 Å². The number of nitrogens with one attached hydrogen (secondary N) is 1. The lowest BCUT2D eigenvalue weighted by Gasteiger charge is -2.38. The molecule has 0 saturated carbocycles. The minimum absolute atomic E-state index is 0.152. The van der Waals surface area contributed by atoms with Gasteiger partial charge in [0.1, 0.15) is 0 Å². The summed E-state index contributed by atoms with van der Waals surface area (Å²) in [5.41, 5.74) is 0.658. The van der Waals surface area contributed by atoms with Crippen LogP contribution in [0.5, 0.6) is 0 Å². The largest absolute Gasteiger partial charge is 0.336 e. The standard InChI is InChI=1S/C13H17ClN2O/c1-13(2)12(17)16(8-7-15-13)9-10-3-5-11(14)6-4-10/h3-6,15H,7-9H2,1-2H3. The second-order valence-electron chi connectivity index (χ2n) is 4.90. The fraction of sp³-hybridized carbons (Fsp3) is 0.462. The number of hydrogen-bond acceptors (Lipinski definition) is 2. The Bertz CT molecular complexity index is 414. The van der Waals surface area contributed by atoms with Crippen LogP contribution in [0.1, 0.15) is 19.4 Å². The van der Waals surface area contributed by atoms with Crippen LogP contribution >= 0.6 is 11.6 Å². The highest BCUT2D eigenvalue weighted by Crippen LogP contribution is 2.16. The van der Waals surface area contributed by atoms with E-state index in [1.807, 2.05) is 43.0 Å². The fourth-order valence-electron chi connectivity index (χ4n) is 2.04. The van der Waals surface area contributed by atoms with Gasteiger partial charge < -0.3 is 10.2 Å². The van der Waals surface area contributed by atoms with Crippen LogP contribution in [0.2, 0.25) is 5.02 Å². The van der Waals surface area contributed by atoms with Crippen molar-refractivity contribution in [2.24, 2.45) is 0 Å². The van der Waals surface area contributed by atoms with E-state index in [4.69, 9.17) is 11.6 Å². The smallest absolute Gasteiger partial charge is 0.242 e. The van der Waals surface area contributed by atoms with Crippen LogP contribution in [-0.2, 0) is 11.3 Å². The summed E-state index contributed by atoms with van der Waals surface area (Å²) in [4.78, 5) is 14.0. The third-order valence-electron chi connectivity index (χ3n) is 3.06. The zero-order valence-corrected chi connectivity index (χ0v) is 10.9. The summed E-state index contributed by atoms with van der Waals surface area (Å²) in [6, 6.07) is 7.64. The molecule has 0 spiro atoms.